The molecule has 1 heterocycles. The van der Waals surface area contributed by atoms with Crippen molar-refractivity contribution in [3.8, 4) is 0 Å². The summed E-state index contributed by atoms with van der Waals surface area (Å²) in [4.78, 5) is 11.5. The molecule has 0 atom stereocenters. The molecule has 5 N–H and O–H groups in total. The molecule has 0 saturated heterocycles. The molecule has 0 unspecified atom stereocenters. The lowest BCUT2D eigenvalue weighted by Gasteiger charge is -2.05. The van der Waals surface area contributed by atoms with E-state index in [-0.39, 0.29) is 18.8 Å². The Morgan fingerprint density at radius 2 is 2.06 bits per heavy atom. The number of nitrogen functional groups attached to an aromatic ring is 1. The summed E-state index contributed by atoms with van der Waals surface area (Å²) >= 11 is 0. The van der Waals surface area contributed by atoms with Crippen molar-refractivity contribution in [3.63, 3.8) is 0 Å². The fourth-order valence-corrected chi connectivity index (χ4v) is 1.51. The van der Waals surface area contributed by atoms with Crippen molar-refractivity contribution < 1.29 is 13.2 Å². The van der Waals surface area contributed by atoms with E-state index in [4.69, 9.17) is 5.84 Å². The molecule has 0 saturated carbocycles. The molecule has 0 aliphatic heterocycles. The highest BCUT2D eigenvalue weighted by molar-refractivity contribution is 7.88. The molecule has 0 aromatic carbocycles. The van der Waals surface area contributed by atoms with Crippen molar-refractivity contribution in [2.75, 3.05) is 24.8 Å². The summed E-state index contributed by atoms with van der Waals surface area (Å²) in [5.41, 5.74) is 2.40. The smallest absolute Gasteiger partial charge is 0.271 e. The Bertz CT molecular complexity index is 500. The quantitative estimate of drug-likeness (QED) is 0.268. The number of amides is 1. The lowest BCUT2D eigenvalue weighted by atomic mass is 10.3. The Labute approximate surface area is 104 Å². The van der Waals surface area contributed by atoms with Crippen LogP contribution in [0.1, 0.15) is 10.5 Å². The molecule has 1 aromatic rings. The molecule has 1 amide bonds. The second-order valence-corrected chi connectivity index (χ2v) is 5.20. The Kier molecular flexibility index (Phi) is 4.95. The van der Waals surface area contributed by atoms with Crippen molar-refractivity contribution in [2.45, 2.75) is 0 Å². The number of hydrogen-bond donors (Lipinski definition) is 4. The fourth-order valence-electron chi connectivity index (χ4n) is 1.03. The van der Waals surface area contributed by atoms with E-state index >= 15 is 0 Å². The highest BCUT2D eigenvalue weighted by Gasteiger charge is 2.07. The van der Waals surface area contributed by atoms with E-state index in [0.717, 1.165) is 6.26 Å². The minimum atomic E-state index is -3.25. The normalized spacial score (nSPS) is 11.0. The van der Waals surface area contributed by atoms with Crippen LogP contribution in [0.2, 0.25) is 0 Å². The summed E-state index contributed by atoms with van der Waals surface area (Å²) < 4.78 is 23.7. The number of nitrogens with one attached hydrogen (secondary N) is 3. The predicted octanol–water partition coefficient (Wildman–Crippen LogP) is -1.96. The van der Waals surface area contributed by atoms with Gasteiger partial charge in [0.05, 0.1) is 6.26 Å². The number of hydrazine groups is 1. The summed E-state index contributed by atoms with van der Waals surface area (Å²) in [5.74, 6) is 4.99. The molecule has 18 heavy (non-hydrogen) atoms. The lowest BCUT2D eigenvalue weighted by Crippen LogP contribution is -2.34. The molecule has 0 bridgehead atoms. The van der Waals surface area contributed by atoms with Crippen LogP contribution in [0, 0.1) is 0 Å². The Morgan fingerprint density at radius 3 is 2.56 bits per heavy atom. The predicted molar refractivity (Wildman–Crippen MR) is 65.0 cm³/mol. The molecule has 0 fully saturated rings. The third-order valence-electron chi connectivity index (χ3n) is 1.82. The van der Waals surface area contributed by atoms with Crippen LogP contribution in [0.3, 0.4) is 0 Å². The molecule has 1 rings (SSSR count). The van der Waals surface area contributed by atoms with Gasteiger partial charge in [-0.1, -0.05) is 0 Å². The largest absolute Gasteiger partial charge is 0.349 e. The molecule has 0 spiro atoms. The summed E-state index contributed by atoms with van der Waals surface area (Å²) in [7, 11) is -3.25. The summed E-state index contributed by atoms with van der Waals surface area (Å²) in [6.07, 6.45) is 1.04. The second-order valence-electron chi connectivity index (χ2n) is 3.37. The number of hydrogen-bond acceptors (Lipinski definition) is 7. The van der Waals surface area contributed by atoms with Gasteiger partial charge in [-0.15, -0.1) is 10.2 Å². The van der Waals surface area contributed by atoms with Crippen molar-refractivity contribution in [2.24, 2.45) is 5.84 Å². The van der Waals surface area contributed by atoms with Gasteiger partial charge in [-0.05, 0) is 12.1 Å². The molecule has 100 valence electrons. The van der Waals surface area contributed by atoms with Crippen molar-refractivity contribution >= 4 is 21.7 Å². The maximum atomic E-state index is 11.5. The highest BCUT2D eigenvalue weighted by atomic mass is 32.2. The Morgan fingerprint density at radius 1 is 1.33 bits per heavy atom. The molecule has 0 radical (unpaired) electrons. The zero-order valence-electron chi connectivity index (χ0n) is 9.67. The number of nitrogens with two attached hydrogens (primary N) is 1. The van der Waals surface area contributed by atoms with Crippen LogP contribution in [0.25, 0.3) is 0 Å². The Hall–Kier alpha value is -1.78. The van der Waals surface area contributed by atoms with Gasteiger partial charge < -0.3 is 10.7 Å². The standard InChI is InChI=1S/C8H14N6O3S/c1-18(16,17)11-5-4-10-8(15)6-2-3-7(12-9)14-13-6/h2-3,11H,4-5,9H2,1H3,(H,10,15)(H,12,14). The average molecular weight is 274 g/mol. The fraction of sp³-hybridized carbons (Fsp3) is 0.375. The van der Waals surface area contributed by atoms with Gasteiger partial charge in [-0.25, -0.2) is 19.0 Å². The van der Waals surface area contributed by atoms with Gasteiger partial charge in [0.2, 0.25) is 10.0 Å². The first kappa shape index (κ1) is 14.3. The number of carbonyl (C=O) groups excluding carboxylic acids is 1. The molecule has 10 heteroatoms. The van der Waals surface area contributed by atoms with Crippen LogP contribution in [-0.2, 0) is 10.0 Å². The van der Waals surface area contributed by atoms with Gasteiger partial charge in [0.1, 0.15) is 0 Å². The van der Waals surface area contributed by atoms with Crippen LogP contribution < -0.4 is 21.3 Å². The number of anilines is 1. The van der Waals surface area contributed by atoms with E-state index in [9.17, 15) is 13.2 Å². The van der Waals surface area contributed by atoms with E-state index in [2.05, 4.69) is 25.7 Å². The van der Waals surface area contributed by atoms with Crippen molar-refractivity contribution in [3.05, 3.63) is 17.8 Å². The molecular formula is C8H14N6O3S. The van der Waals surface area contributed by atoms with Crippen LogP contribution in [-0.4, -0.2) is 43.9 Å². The van der Waals surface area contributed by atoms with Crippen LogP contribution in [0.4, 0.5) is 5.82 Å². The third kappa shape index (κ3) is 5.03. The van der Waals surface area contributed by atoms with Gasteiger partial charge >= 0.3 is 0 Å². The molecule has 1 aromatic heterocycles. The molecule has 0 aliphatic rings. The number of rotatable bonds is 6. The van der Waals surface area contributed by atoms with Gasteiger partial charge in [0, 0.05) is 13.1 Å². The molecule has 0 aliphatic carbocycles. The molecular weight excluding hydrogens is 260 g/mol. The minimum Gasteiger partial charge on any atom is -0.349 e. The van der Waals surface area contributed by atoms with Crippen LogP contribution in [0.5, 0.6) is 0 Å². The zero-order chi connectivity index (χ0) is 13.6. The highest BCUT2D eigenvalue weighted by Crippen LogP contribution is 1.99. The van der Waals surface area contributed by atoms with Crippen LogP contribution in [0.15, 0.2) is 12.1 Å². The first-order valence-electron chi connectivity index (χ1n) is 4.95. The first-order valence-corrected chi connectivity index (χ1v) is 6.84. The van der Waals surface area contributed by atoms with E-state index < -0.39 is 15.9 Å². The van der Waals surface area contributed by atoms with Crippen molar-refractivity contribution in [1.82, 2.24) is 20.2 Å². The van der Waals surface area contributed by atoms with Gasteiger partial charge in [0.15, 0.2) is 11.5 Å². The summed E-state index contributed by atoms with van der Waals surface area (Å²) in [5, 5.41) is 9.75. The maximum absolute atomic E-state index is 11.5. The second kappa shape index (κ2) is 6.23. The van der Waals surface area contributed by atoms with Crippen molar-refractivity contribution in [1.29, 1.82) is 0 Å². The average Bonchev–Trinajstić information content (AvgIpc) is 2.33. The van der Waals surface area contributed by atoms with Gasteiger partial charge in [-0.2, -0.15) is 0 Å². The van der Waals surface area contributed by atoms with Gasteiger partial charge in [-0.3, -0.25) is 4.79 Å². The topological polar surface area (TPSA) is 139 Å². The molecule has 9 nitrogen and oxygen atoms in total. The number of aromatic nitrogens is 2. The summed E-state index contributed by atoms with van der Waals surface area (Å²) in [6.45, 7) is 0.269. The minimum absolute atomic E-state index is 0.112. The summed E-state index contributed by atoms with van der Waals surface area (Å²) in [6, 6.07) is 2.94. The van der Waals surface area contributed by atoms with Gasteiger partial charge in [0.25, 0.3) is 5.91 Å². The number of sulfonamides is 1. The monoisotopic (exact) mass is 274 g/mol. The van der Waals surface area contributed by atoms with E-state index in [0.29, 0.717) is 5.82 Å². The van der Waals surface area contributed by atoms with E-state index in [1.165, 1.54) is 12.1 Å². The third-order valence-corrected chi connectivity index (χ3v) is 2.55. The van der Waals surface area contributed by atoms with E-state index in [1.54, 1.807) is 0 Å². The lowest BCUT2D eigenvalue weighted by molar-refractivity contribution is 0.0948. The van der Waals surface area contributed by atoms with E-state index in [1.807, 2.05) is 0 Å². The van der Waals surface area contributed by atoms with Crippen LogP contribution >= 0.6 is 0 Å². The SMILES string of the molecule is CS(=O)(=O)NCCNC(=O)c1ccc(NN)nn1. The first-order chi connectivity index (χ1) is 8.42. The number of carbonyl (C=O) groups is 1. The Balaban J connectivity index is 2.40. The maximum Gasteiger partial charge on any atom is 0.271 e. The number of nitrogens with zero attached hydrogens (tertiary/aromatic N) is 2. The zero-order valence-corrected chi connectivity index (χ0v) is 10.5.